The number of thioether (sulfide) groups is 1. The first-order valence-electron chi connectivity index (χ1n) is 5.34. The second kappa shape index (κ2) is 3.56. The van der Waals surface area contributed by atoms with Crippen LogP contribution in [0.25, 0.3) is 21.8 Å². The Bertz CT molecular complexity index is 667. The van der Waals surface area contributed by atoms with Crippen molar-refractivity contribution in [2.24, 2.45) is 0 Å². The number of aromatic amines is 1. The van der Waals surface area contributed by atoms with Gasteiger partial charge in [-0.05, 0) is 36.9 Å². The molecule has 0 spiro atoms. The van der Waals surface area contributed by atoms with Gasteiger partial charge in [-0.25, -0.2) is 0 Å². The Morgan fingerprint density at radius 1 is 1.06 bits per heavy atom. The molecule has 0 aliphatic rings. The van der Waals surface area contributed by atoms with Gasteiger partial charge in [0.25, 0.3) is 0 Å². The van der Waals surface area contributed by atoms with Crippen LogP contribution in [0, 0.1) is 6.92 Å². The molecule has 0 amide bonds. The first kappa shape index (κ1) is 9.79. The van der Waals surface area contributed by atoms with Gasteiger partial charge in [0.15, 0.2) is 0 Å². The van der Waals surface area contributed by atoms with Gasteiger partial charge < -0.3 is 4.98 Å². The molecule has 80 valence electrons. The van der Waals surface area contributed by atoms with Crippen molar-refractivity contribution in [2.75, 3.05) is 6.26 Å². The number of benzene rings is 2. The third kappa shape index (κ3) is 1.34. The highest BCUT2D eigenvalue weighted by molar-refractivity contribution is 7.98. The van der Waals surface area contributed by atoms with Gasteiger partial charge in [-0.15, -0.1) is 11.8 Å². The molecule has 1 nitrogen and oxygen atoms in total. The van der Waals surface area contributed by atoms with E-state index in [1.54, 1.807) is 11.8 Å². The van der Waals surface area contributed by atoms with Crippen molar-refractivity contribution in [3.05, 3.63) is 42.0 Å². The number of rotatable bonds is 1. The number of hydrogen-bond donors (Lipinski definition) is 1. The molecule has 1 aromatic heterocycles. The summed E-state index contributed by atoms with van der Waals surface area (Å²) in [4.78, 5) is 4.82. The molecule has 0 aliphatic carbocycles. The molecule has 1 heterocycles. The average Bonchev–Trinajstić information content (AvgIpc) is 2.68. The van der Waals surface area contributed by atoms with Crippen LogP contribution in [0.2, 0.25) is 0 Å². The van der Waals surface area contributed by atoms with Gasteiger partial charge in [-0.3, -0.25) is 0 Å². The number of hydrogen-bond acceptors (Lipinski definition) is 1. The molecule has 1 N–H and O–H groups in total. The van der Waals surface area contributed by atoms with Crippen molar-refractivity contribution in [1.29, 1.82) is 0 Å². The molecule has 0 radical (unpaired) electrons. The van der Waals surface area contributed by atoms with Crippen molar-refractivity contribution in [3.8, 4) is 0 Å². The van der Waals surface area contributed by atoms with E-state index in [1.165, 1.54) is 32.3 Å². The van der Waals surface area contributed by atoms with E-state index in [1.807, 2.05) is 0 Å². The Morgan fingerprint density at radius 3 is 2.69 bits per heavy atom. The van der Waals surface area contributed by atoms with E-state index in [0.29, 0.717) is 0 Å². The van der Waals surface area contributed by atoms with Crippen LogP contribution in [0.4, 0.5) is 0 Å². The summed E-state index contributed by atoms with van der Waals surface area (Å²) in [7, 11) is 0. The Morgan fingerprint density at radius 2 is 1.88 bits per heavy atom. The average molecular weight is 227 g/mol. The zero-order valence-corrected chi connectivity index (χ0v) is 10.2. The number of para-hydroxylation sites is 1. The third-order valence-corrected chi connectivity index (χ3v) is 3.73. The van der Waals surface area contributed by atoms with E-state index in [-0.39, 0.29) is 0 Å². The highest BCUT2D eigenvalue weighted by atomic mass is 32.2. The second-order valence-electron chi connectivity index (χ2n) is 4.04. The van der Waals surface area contributed by atoms with Crippen LogP contribution in [0.3, 0.4) is 0 Å². The van der Waals surface area contributed by atoms with Crippen LogP contribution < -0.4 is 0 Å². The molecule has 16 heavy (non-hydrogen) atoms. The lowest BCUT2D eigenvalue weighted by molar-refractivity contribution is 1.38. The Labute approximate surface area is 98.9 Å². The summed E-state index contributed by atoms with van der Waals surface area (Å²) in [5.41, 5.74) is 3.80. The molecular formula is C14H13NS. The van der Waals surface area contributed by atoms with E-state index in [9.17, 15) is 0 Å². The minimum atomic E-state index is 1.22. The quantitative estimate of drug-likeness (QED) is 0.611. The fourth-order valence-electron chi connectivity index (χ4n) is 2.21. The summed E-state index contributed by atoms with van der Waals surface area (Å²) in [6, 6.07) is 13.0. The third-order valence-electron chi connectivity index (χ3n) is 3.02. The van der Waals surface area contributed by atoms with E-state index < -0.39 is 0 Å². The zero-order chi connectivity index (χ0) is 11.1. The van der Waals surface area contributed by atoms with Gasteiger partial charge >= 0.3 is 0 Å². The number of aromatic nitrogens is 1. The topological polar surface area (TPSA) is 15.8 Å². The van der Waals surface area contributed by atoms with Crippen LogP contribution >= 0.6 is 11.8 Å². The maximum atomic E-state index is 3.49. The molecular weight excluding hydrogens is 214 g/mol. The van der Waals surface area contributed by atoms with Crippen molar-refractivity contribution < 1.29 is 0 Å². The van der Waals surface area contributed by atoms with Gasteiger partial charge in [-0.1, -0.05) is 18.2 Å². The predicted molar refractivity (Wildman–Crippen MR) is 72.3 cm³/mol. The number of aryl methyl sites for hydroxylation is 1. The summed E-state index contributed by atoms with van der Waals surface area (Å²) < 4.78 is 0. The smallest absolute Gasteiger partial charge is 0.0495 e. The van der Waals surface area contributed by atoms with E-state index >= 15 is 0 Å². The molecule has 0 aliphatic heterocycles. The Balaban J connectivity index is 2.51. The van der Waals surface area contributed by atoms with Crippen LogP contribution in [0.1, 0.15) is 5.56 Å². The van der Waals surface area contributed by atoms with Gasteiger partial charge in [0.1, 0.15) is 0 Å². The second-order valence-corrected chi connectivity index (χ2v) is 4.92. The van der Waals surface area contributed by atoms with Crippen molar-refractivity contribution in [3.63, 3.8) is 0 Å². The maximum Gasteiger partial charge on any atom is 0.0495 e. The summed E-state index contributed by atoms with van der Waals surface area (Å²) in [6.07, 6.45) is 2.12. The number of fused-ring (bicyclic) bond motifs is 3. The molecule has 0 saturated carbocycles. The van der Waals surface area contributed by atoms with E-state index in [2.05, 4.69) is 54.6 Å². The van der Waals surface area contributed by atoms with Gasteiger partial charge in [0.05, 0.1) is 0 Å². The fourth-order valence-corrected chi connectivity index (χ4v) is 2.74. The molecule has 0 unspecified atom stereocenters. The Hall–Kier alpha value is -1.41. The summed E-state index contributed by atoms with van der Waals surface area (Å²) >= 11 is 1.80. The Kier molecular flexibility index (Phi) is 2.18. The highest BCUT2D eigenvalue weighted by Crippen LogP contribution is 2.31. The largest absolute Gasteiger partial charge is 0.354 e. The van der Waals surface area contributed by atoms with Crippen molar-refractivity contribution in [1.82, 2.24) is 4.98 Å². The monoisotopic (exact) mass is 227 g/mol. The SMILES string of the molecule is CSc1cc(C)c2[nH]c3ccccc3c2c1. The lowest BCUT2D eigenvalue weighted by atomic mass is 10.1. The minimum absolute atomic E-state index is 1.22. The molecule has 3 aromatic rings. The van der Waals surface area contributed by atoms with Crippen molar-refractivity contribution in [2.45, 2.75) is 11.8 Å². The summed E-state index contributed by atoms with van der Waals surface area (Å²) in [5, 5.41) is 2.65. The first-order chi connectivity index (χ1) is 7.79. The zero-order valence-electron chi connectivity index (χ0n) is 9.37. The molecule has 2 aromatic carbocycles. The maximum absolute atomic E-state index is 3.49. The lowest BCUT2D eigenvalue weighted by Gasteiger charge is -2.00. The van der Waals surface area contributed by atoms with Crippen LogP contribution in [0.15, 0.2) is 41.3 Å². The molecule has 0 fully saturated rings. The van der Waals surface area contributed by atoms with Gasteiger partial charge in [0, 0.05) is 26.7 Å². The van der Waals surface area contributed by atoms with Crippen LogP contribution in [-0.4, -0.2) is 11.2 Å². The van der Waals surface area contributed by atoms with Gasteiger partial charge in [-0.2, -0.15) is 0 Å². The summed E-state index contributed by atoms with van der Waals surface area (Å²) in [5.74, 6) is 0. The first-order valence-corrected chi connectivity index (χ1v) is 6.57. The fraction of sp³-hybridized carbons (Fsp3) is 0.143. The molecule has 0 bridgehead atoms. The minimum Gasteiger partial charge on any atom is -0.354 e. The van der Waals surface area contributed by atoms with E-state index in [0.717, 1.165) is 0 Å². The predicted octanol–water partition coefficient (Wildman–Crippen LogP) is 4.35. The lowest BCUT2D eigenvalue weighted by Crippen LogP contribution is -1.78. The van der Waals surface area contributed by atoms with Crippen LogP contribution in [-0.2, 0) is 0 Å². The van der Waals surface area contributed by atoms with Crippen molar-refractivity contribution >= 4 is 33.6 Å². The highest BCUT2D eigenvalue weighted by Gasteiger charge is 2.06. The van der Waals surface area contributed by atoms with E-state index in [4.69, 9.17) is 0 Å². The molecule has 0 saturated heterocycles. The van der Waals surface area contributed by atoms with Crippen LogP contribution in [0.5, 0.6) is 0 Å². The molecule has 0 atom stereocenters. The molecule has 2 heteroatoms. The number of H-pyrrole nitrogens is 1. The standard InChI is InChI=1S/C14H13NS/c1-9-7-10(16-2)8-12-11-5-3-4-6-13(11)15-14(9)12/h3-8,15H,1-2H3. The number of nitrogens with one attached hydrogen (secondary N) is 1. The molecule has 3 rings (SSSR count). The van der Waals surface area contributed by atoms with Gasteiger partial charge in [0.2, 0.25) is 0 Å². The normalized spacial score (nSPS) is 11.4. The summed E-state index contributed by atoms with van der Waals surface area (Å²) in [6.45, 7) is 2.16.